The molecule has 124 valence electrons. The Morgan fingerprint density at radius 1 is 1.36 bits per heavy atom. The molecule has 0 bridgehead atoms. The Morgan fingerprint density at radius 2 is 2.00 bits per heavy atom. The lowest BCUT2D eigenvalue weighted by molar-refractivity contribution is -0.0543. The maximum absolute atomic E-state index is 11.7. The lowest BCUT2D eigenvalue weighted by atomic mass is 10.1. The Bertz CT molecular complexity index is 707. The molecule has 11 nitrogen and oxygen atoms in total. The summed E-state index contributed by atoms with van der Waals surface area (Å²) in [5, 5.41) is 19.7. The zero-order chi connectivity index (χ0) is 16.7. The molecule has 2 rings (SSSR count). The second-order valence-corrected chi connectivity index (χ2v) is 6.05. The van der Waals surface area contributed by atoms with Gasteiger partial charge >= 0.3 is 13.5 Å². The van der Waals surface area contributed by atoms with Crippen LogP contribution < -0.4 is 11.2 Å². The van der Waals surface area contributed by atoms with Crippen molar-refractivity contribution in [2.45, 2.75) is 31.5 Å². The molecule has 1 aliphatic heterocycles. The van der Waals surface area contributed by atoms with Crippen LogP contribution in [0.2, 0.25) is 0 Å². The smallest absolute Gasteiger partial charge is 0.387 e. The van der Waals surface area contributed by atoms with Crippen molar-refractivity contribution >= 4 is 7.82 Å². The average molecular weight is 338 g/mol. The van der Waals surface area contributed by atoms with Gasteiger partial charge < -0.3 is 24.7 Å². The van der Waals surface area contributed by atoms with Gasteiger partial charge in [-0.1, -0.05) is 0 Å². The SMILES string of the molecule is Cc1cn(C2OC(COP(=O)(O)O)C(O)C2O)c(=O)[nH]c1=O. The first-order valence-electron chi connectivity index (χ1n) is 6.14. The van der Waals surface area contributed by atoms with Crippen LogP contribution in [0.1, 0.15) is 11.8 Å². The molecular formula is C10H15N2O9P. The molecule has 1 aromatic rings. The van der Waals surface area contributed by atoms with Gasteiger partial charge in [-0.3, -0.25) is 18.9 Å². The lowest BCUT2D eigenvalue weighted by Gasteiger charge is -2.17. The quantitative estimate of drug-likeness (QED) is 0.374. The van der Waals surface area contributed by atoms with Crippen molar-refractivity contribution in [3.05, 3.63) is 32.6 Å². The first-order valence-corrected chi connectivity index (χ1v) is 7.67. The summed E-state index contributed by atoms with van der Waals surface area (Å²) in [6.45, 7) is 0.747. The highest BCUT2D eigenvalue weighted by Crippen LogP contribution is 2.38. The van der Waals surface area contributed by atoms with Crippen LogP contribution in [0.4, 0.5) is 0 Å². The minimum Gasteiger partial charge on any atom is -0.387 e. The Kier molecular flexibility index (Phi) is 4.68. The second kappa shape index (κ2) is 6.05. The van der Waals surface area contributed by atoms with E-state index >= 15 is 0 Å². The van der Waals surface area contributed by atoms with Crippen LogP contribution in [0.15, 0.2) is 15.8 Å². The zero-order valence-electron chi connectivity index (χ0n) is 11.3. The van der Waals surface area contributed by atoms with Gasteiger partial charge in [-0.25, -0.2) is 9.36 Å². The number of aromatic nitrogens is 2. The molecule has 1 saturated heterocycles. The van der Waals surface area contributed by atoms with Crippen LogP contribution in [0.3, 0.4) is 0 Å². The van der Waals surface area contributed by atoms with Gasteiger partial charge in [0.1, 0.15) is 18.3 Å². The number of hydrogen-bond acceptors (Lipinski definition) is 7. The van der Waals surface area contributed by atoms with Crippen LogP contribution in [0.25, 0.3) is 0 Å². The molecule has 22 heavy (non-hydrogen) atoms. The maximum atomic E-state index is 11.7. The minimum atomic E-state index is -4.77. The monoisotopic (exact) mass is 338 g/mol. The number of phosphoric ester groups is 1. The van der Waals surface area contributed by atoms with Crippen molar-refractivity contribution < 1.29 is 33.8 Å². The summed E-state index contributed by atoms with van der Waals surface area (Å²) in [7, 11) is -4.77. The molecule has 12 heteroatoms. The molecule has 4 unspecified atom stereocenters. The average Bonchev–Trinajstić information content (AvgIpc) is 2.68. The molecule has 1 aromatic heterocycles. The summed E-state index contributed by atoms with van der Waals surface area (Å²) < 4.78 is 20.9. The van der Waals surface area contributed by atoms with E-state index in [1.54, 1.807) is 0 Å². The van der Waals surface area contributed by atoms with E-state index in [1.165, 1.54) is 6.92 Å². The summed E-state index contributed by atoms with van der Waals surface area (Å²) in [5.74, 6) is 0. The van der Waals surface area contributed by atoms with Crippen molar-refractivity contribution in [3.63, 3.8) is 0 Å². The molecule has 0 aromatic carbocycles. The highest BCUT2D eigenvalue weighted by Gasteiger charge is 2.45. The first kappa shape index (κ1) is 17.0. The van der Waals surface area contributed by atoms with Gasteiger partial charge in [-0.05, 0) is 6.92 Å². The van der Waals surface area contributed by atoms with Gasteiger partial charge in [0.05, 0.1) is 6.61 Å². The molecule has 4 atom stereocenters. The number of aromatic amines is 1. The van der Waals surface area contributed by atoms with Gasteiger partial charge in [0.2, 0.25) is 0 Å². The number of ether oxygens (including phenoxy) is 1. The van der Waals surface area contributed by atoms with E-state index in [4.69, 9.17) is 14.5 Å². The number of phosphoric acid groups is 1. The molecule has 2 heterocycles. The van der Waals surface area contributed by atoms with Crippen molar-refractivity contribution in [2.75, 3.05) is 6.61 Å². The van der Waals surface area contributed by atoms with E-state index in [1.807, 2.05) is 4.98 Å². The Labute approximate surface area is 123 Å². The van der Waals surface area contributed by atoms with E-state index in [9.17, 15) is 24.4 Å². The topological polar surface area (TPSA) is 171 Å². The number of aryl methyl sites for hydroxylation is 1. The normalized spacial score (nSPS) is 29.0. The Morgan fingerprint density at radius 3 is 2.59 bits per heavy atom. The predicted molar refractivity (Wildman–Crippen MR) is 70.0 cm³/mol. The molecule has 0 aliphatic carbocycles. The third kappa shape index (κ3) is 3.52. The number of aliphatic hydroxyl groups is 2. The number of nitrogens with zero attached hydrogens (tertiary/aromatic N) is 1. The summed E-state index contributed by atoms with van der Waals surface area (Å²) in [5.41, 5.74) is -1.28. The van der Waals surface area contributed by atoms with Gasteiger partial charge in [-0.2, -0.15) is 0 Å². The van der Waals surface area contributed by atoms with Crippen LogP contribution in [-0.2, 0) is 13.8 Å². The molecule has 1 fully saturated rings. The maximum Gasteiger partial charge on any atom is 0.469 e. The zero-order valence-corrected chi connectivity index (χ0v) is 12.2. The second-order valence-electron chi connectivity index (χ2n) is 4.81. The fourth-order valence-electron chi connectivity index (χ4n) is 2.04. The lowest BCUT2D eigenvalue weighted by Crippen LogP contribution is -2.38. The standard InChI is InChI=1S/C10H15N2O9P/c1-4-2-12(10(16)11-8(4)15)9-7(14)6(13)5(21-9)3-20-22(17,18)19/h2,5-7,9,13-14H,3H2,1H3,(H,11,15,16)(H2,17,18,19). The molecule has 0 amide bonds. The van der Waals surface area contributed by atoms with Crippen LogP contribution in [0.5, 0.6) is 0 Å². The predicted octanol–water partition coefficient (Wildman–Crippen LogP) is -2.43. The Balaban J connectivity index is 2.23. The number of H-pyrrole nitrogens is 1. The van der Waals surface area contributed by atoms with Crippen LogP contribution >= 0.6 is 7.82 Å². The highest BCUT2D eigenvalue weighted by molar-refractivity contribution is 7.46. The first-order chi connectivity index (χ1) is 10.1. The van der Waals surface area contributed by atoms with Gasteiger partial charge in [-0.15, -0.1) is 0 Å². The summed E-state index contributed by atoms with van der Waals surface area (Å²) in [6, 6.07) is 0. The molecule has 1 aliphatic rings. The molecule has 0 spiro atoms. The molecule has 0 radical (unpaired) electrons. The van der Waals surface area contributed by atoms with Crippen molar-refractivity contribution in [1.29, 1.82) is 0 Å². The van der Waals surface area contributed by atoms with Crippen molar-refractivity contribution in [1.82, 2.24) is 9.55 Å². The largest absolute Gasteiger partial charge is 0.469 e. The van der Waals surface area contributed by atoms with E-state index in [0.717, 1.165) is 10.8 Å². The number of aliphatic hydroxyl groups excluding tert-OH is 2. The van der Waals surface area contributed by atoms with E-state index in [0.29, 0.717) is 0 Å². The van der Waals surface area contributed by atoms with Crippen LogP contribution in [-0.4, -0.2) is 54.5 Å². The van der Waals surface area contributed by atoms with Gasteiger partial charge in [0.25, 0.3) is 5.56 Å². The molecule has 0 saturated carbocycles. The summed E-state index contributed by atoms with van der Waals surface area (Å²) in [6.07, 6.45) is -4.52. The molecular weight excluding hydrogens is 323 g/mol. The van der Waals surface area contributed by atoms with E-state index < -0.39 is 50.2 Å². The third-order valence-corrected chi connectivity index (χ3v) is 3.65. The van der Waals surface area contributed by atoms with Crippen molar-refractivity contribution in [2.24, 2.45) is 0 Å². The molecule has 5 N–H and O–H groups in total. The fraction of sp³-hybridized carbons (Fsp3) is 0.600. The fourth-order valence-corrected chi connectivity index (χ4v) is 2.38. The highest BCUT2D eigenvalue weighted by atomic mass is 31.2. The Hall–Kier alpha value is -1.33. The van der Waals surface area contributed by atoms with E-state index in [2.05, 4.69) is 4.52 Å². The van der Waals surface area contributed by atoms with Gasteiger partial charge in [0, 0.05) is 11.8 Å². The van der Waals surface area contributed by atoms with E-state index in [-0.39, 0.29) is 5.56 Å². The summed E-state index contributed by atoms with van der Waals surface area (Å²) in [4.78, 5) is 42.3. The number of hydrogen-bond donors (Lipinski definition) is 5. The van der Waals surface area contributed by atoms with Crippen LogP contribution in [0, 0.1) is 6.92 Å². The van der Waals surface area contributed by atoms with Crippen molar-refractivity contribution in [3.8, 4) is 0 Å². The number of rotatable bonds is 4. The van der Waals surface area contributed by atoms with Gasteiger partial charge in [0.15, 0.2) is 6.23 Å². The number of nitrogens with one attached hydrogen (secondary N) is 1. The minimum absolute atomic E-state index is 0.180. The summed E-state index contributed by atoms with van der Waals surface area (Å²) >= 11 is 0. The third-order valence-electron chi connectivity index (χ3n) is 3.16.